The first-order valence-electron chi connectivity index (χ1n) is 7.37. The molecule has 2 aromatic rings. The summed E-state index contributed by atoms with van der Waals surface area (Å²) in [5.41, 5.74) is 1.58. The van der Waals surface area contributed by atoms with Crippen LogP contribution < -0.4 is 5.56 Å². The van der Waals surface area contributed by atoms with Crippen molar-refractivity contribution in [3.05, 3.63) is 46.5 Å². The zero-order valence-corrected chi connectivity index (χ0v) is 13.3. The third kappa shape index (κ3) is 3.14. The van der Waals surface area contributed by atoms with Gasteiger partial charge in [0.05, 0.1) is 5.69 Å². The first kappa shape index (κ1) is 14.6. The molecule has 0 amide bonds. The minimum Gasteiger partial charge on any atom is -0.298 e. The van der Waals surface area contributed by atoms with Gasteiger partial charge in [-0.1, -0.05) is 6.07 Å². The van der Waals surface area contributed by atoms with Crippen LogP contribution in [0.15, 0.2) is 35.3 Å². The Hall–Kier alpha value is -1.33. The molecule has 2 atom stereocenters. The molecule has 0 aliphatic heterocycles. The number of pyridine rings is 1. The van der Waals surface area contributed by atoms with Crippen molar-refractivity contribution in [2.45, 2.75) is 37.1 Å². The molecule has 1 aliphatic rings. The van der Waals surface area contributed by atoms with Crippen molar-refractivity contribution in [1.29, 1.82) is 0 Å². The highest BCUT2D eigenvalue weighted by atomic mass is 32.2. The second kappa shape index (κ2) is 6.20. The van der Waals surface area contributed by atoms with Crippen LogP contribution in [0.4, 0.5) is 0 Å². The van der Waals surface area contributed by atoms with Gasteiger partial charge in [0.25, 0.3) is 5.56 Å². The molecule has 0 spiro atoms. The van der Waals surface area contributed by atoms with Gasteiger partial charge in [0, 0.05) is 30.1 Å². The molecular weight excluding hydrogens is 282 g/mol. The predicted molar refractivity (Wildman–Crippen MR) is 87.9 cm³/mol. The lowest BCUT2D eigenvalue weighted by Gasteiger charge is -2.24. The van der Waals surface area contributed by atoms with E-state index in [0.717, 1.165) is 23.1 Å². The Kier molecular flexibility index (Phi) is 4.31. The fraction of sp³-hybridized carbons (Fsp3) is 0.500. The van der Waals surface area contributed by atoms with Crippen molar-refractivity contribution < 1.29 is 0 Å². The van der Waals surface area contributed by atoms with Crippen LogP contribution in [0.2, 0.25) is 0 Å². The molecule has 5 heteroatoms. The van der Waals surface area contributed by atoms with E-state index in [9.17, 15) is 4.79 Å². The van der Waals surface area contributed by atoms with E-state index in [0.29, 0.717) is 6.04 Å². The van der Waals surface area contributed by atoms with Crippen molar-refractivity contribution in [1.82, 2.24) is 14.3 Å². The van der Waals surface area contributed by atoms with Gasteiger partial charge in [0.2, 0.25) is 0 Å². The van der Waals surface area contributed by atoms with Crippen LogP contribution in [-0.2, 0) is 6.54 Å². The van der Waals surface area contributed by atoms with Crippen molar-refractivity contribution in [2.24, 2.45) is 0 Å². The lowest BCUT2D eigenvalue weighted by molar-refractivity contribution is 0.235. The van der Waals surface area contributed by atoms with Gasteiger partial charge in [-0.05, 0) is 44.7 Å². The van der Waals surface area contributed by atoms with E-state index < -0.39 is 0 Å². The van der Waals surface area contributed by atoms with E-state index in [-0.39, 0.29) is 5.56 Å². The fourth-order valence-electron chi connectivity index (χ4n) is 3.10. The predicted octanol–water partition coefficient (Wildman–Crippen LogP) is 2.41. The summed E-state index contributed by atoms with van der Waals surface area (Å²) in [4.78, 5) is 19.0. The minimum atomic E-state index is -0.00240. The summed E-state index contributed by atoms with van der Waals surface area (Å²) in [6, 6.07) is 7.91. The van der Waals surface area contributed by atoms with Gasteiger partial charge in [-0.2, -0.15) is 11.8 Å². The molecule has 2 heterocycles. The maximum atomic E-state index is 12.1. The molecular formula is C16H21N3OS. The Bertz CT molecular complexity index is 685. The average molecular weight is 303 g/mol. The third-order valence-electron chi connectivity index (χ3n) is 4.35. The van der Waals surface area contributed by atoms with Gasteiger partial charge < -0.3 is 0 Å². The van der Waals surface area contributed by atoms with Crippen molar-refractivity contribution in [2.75, 3.05) is 13.3 Å². The smallest absolute Gasteiger partial charge is 0.258 e. The Labute approximate surface area is 129 Å². The second-order valence-electron chi connectivity index (χ2n) is 5.75. The van der Waals surface area contributed by atoms with Crippen LogP contribution in [0, 0.1) is 0 Å². The Morgan fingerprint density at radius 3 is 3.05 bits per heavy atom. The number of aromatic nitrogens is 2. The van der Waals surface area contributed by atoms with E-state index in [1.807, 2.05) is 30.0 Å². The fourth-order valence-corrected chi connectivity index (χ4v) is 3.89. The van der Waals surface area contributed by atoms with Gasteiger partial charge in [0.1, 0.15) is 5.65 Å². The molecule has 112 valence electrons. The van der Waals surface area contributed by atoms with E-state index in [4.69, 9.17) is 0 Å². The summed E-state index contributed by atoms with van der Waals surface area (Å²) in [6.45, 7) is 0.742. The lowest BCUT2D eigenvalue weighted by atomic mass is 10.2. The molecule has 0 N–H and O–H groups in total. The van der Waals surface area contributed by atoms with Crippen LogP contribution in [0.1, 0.15) is 25.0 Å². The summed E-state index contributed by atoms with van der Waals surface area (Å²) in [6.07, 6.45) is 7.74. The van der Waals surface area contributed by atoms with Gasteiger partial charge in [-0.3, -0.25) is 14.1 Å². The zero-order valence-electron chi connectivity index (χ0n) is 12.5. The normalized spacial score (nSPS) is 22.2. The molecule has 2 aromatic heterocycles. The van der Waals surface area contributed by atoms with Crippen molar-refractivity contribution in [3.8, 4) is 0 Å². The molecule has 1 saturated carbocycles. The van der Waals surface area contributed by atoms with E-state index in [1.165, 1.54) is 19.3 Å². The number of rotatable bonds is 4. The number of hydrogen-bond donors (Lipinski definition) is 0. The molecule has 0 unspecified atom stereocenters. The molecule has 0 radical (unpaired) electrons. The Balaban J connectivity index is 1.77. The first-order chi connectivity index (χ1) is 10.2. The third-order valence-corrected chi connectivity index (χ3v) is 5.44. The summed E-state index contributed by atoms with van der Waals surface area (Å²) >= 11 is 1.97. The van der Waals surface area contributed by atoms with Crippen LogP contribution in [-0.4, -0.2) is 38.9 Å². The van der Waals surface area contributed by atoms with E-state index in [1.54, 1.807) is 16.7 Å². The summed E-state index contributed by atoms with van der Waals surface area (Å²) in [5.74, 6) is 0. The molecule has 21 heavy (non-hydrogen) atoms. The molecule has 0 bridgehead atoms. The first-order valence-corrected chi connectivity index (χ1v) is 8.66. The number of hydrogen-bond acceptors (Lipinski definition) is 4. The quantitative estimate of drug-likeness (QED) is 0.869. The summed E-state index contributed by atoms with van der Waals surface area (Å²) in [5, 5.41) is 0.785. The molecule has 1 aliphatic carbocycles. The van der Waals surface area contributed by atoms with Crippen LogP contribution in [0.5, 0.6) is 0 Å². The van der Waals surface area contributed by atoms with Gasteiger partial charge >= 0.3 is 0 Å². The van der Waals surface area contributed by atoms with Crippen LogP contribution in [0.25, 0.3) is 5.65 Å². The summed E-state index contributed by atoms with van der Waals surface area (Å²) < 4.78 is 1.59. The Morgan fingerprint density at radius 2 is 2.29 bits per heavy atom. The molecule has 0 saturated heterocycles. The highest BCUT2D eigenvalue weighted by molar-refractivity contribution is 7.99. The second-order valence-corrected chi connectivity index (χ2v) is 6.89. The Morgan fingerprint density at radius 1 is 1.43 bits per heavy atom. The van der Waals surface area contributed by atoms with Crippen LogP contribution >= 0.6 is 11.8 Å². The maximum Gasteiger partial charge on any atom is 0.258 e. The van der Waals surface area contributed by atoms with Gasteiger partial charge in [0.15, 0.2) is 0 Å². The van der Waals surface area contributed by atoms with Gasteiger partial charge in [-0.15, -0.1) is 0 Å². The summed E-state index contributed by atoms with van der Waals surface area (Å²) in [7, 11) is 2.14. The standard InChI is InChI=1S/C16H21N3OS/c1-18(13-6-7-14(10-13)21-2)11-12-9-16(20)19-8-4-3-5-15(19)17-12/h3-5,8-9,13-14H,6-7,10-11H2,1-2H3/t13-,14-/m0/s1. The molecule has 1 fully saturated rings. The lowest BCUT2D eigenvalue weighted by Crippen LogP contribution is -2.30. The average Bonchev–Trinajstić information content (AvgIpc) is 2.96. The molecule has 0 aromatic carbocycles. The van der Waals surface area contributed by atoms with Crippen molar-refractivity contribution in [3.63, 3.8) is 0 Å². The molecule has 3 rings (SSSR count). The van der Waals surface area contributed by atoms with E-state index >= 15 is 0 Å². The SMILES string of the molecule is CS[C@H]1CC[C@H](N(C)Cc2cc(=O)n3ccccc3n2)C1. The van der Waals surface area contributed by atoms with Gasteiger partial charge in [-0.25, -0.2) is 4.98 Å². The van der Waals surface area contributed by atoms with Crippen LogP contribution in [0.3, 0.4) is 0 Å². The number of nitrogens with zero attached hydrogens (tertiary/aromatic N) is 3. The zero-order chi connectivity index (χ0) is 14.8. The highest BCUT2D eigenvalue weighted by Gasteiger charge is 2.27. The monoisotopic (exact) mass is 303 g/mol. The van der Waals surface area contributed by atoms with E-state index in [2.05, 4.69) is 23.2 Å². The largest absolute Gasteiger partial charge is 0.298 e. The minimum absolute atomic E-state index is 0.00240. The number of fused-ring (bicyclic) bond motifs is 1. The molecule has 4 nitrogen and oxygen atoms in total. The topological polar surface area (TPSA) is 37.6 Å². The highest BCUT2D eigenvalue weighted by Crippen LogP contribution is 2.31. The maximum absolute atomic E-state index is 12.1. The van der Waals surface area contributed by atoms with Crippen molar-refractivity contribution >= 4 is 17.4 Å². The number of thioether (sulfide) groups is 1.